The molecule has 4 nitrogen and oxygen atoms in total. The number of carbonyl (C=O) groups excluding carboxylic acids is 1. The van der Waals surface area contributed by atoms with Gasteiger partial charge in [-0.3, -0.25) is 0 Å². The van der Waals surface area contributed by atoms with Gasteiger partial charge in [0, 0.05) is 22.9 Å². The van der Waals surface area contributed by atoms with E-state index < -0.39 is 15.0 Å². The molecule has 0 aliphatic carbocycles. The normalized spacial score (nSPS) is 19.5. The van der Waals surface area contributed by atoms with Crippen molar-refractivity contribution in [2.75, 3.05) is 5.75 Å². The molecular weight excluding hydrogens is 284 g/mol. The molecule has 7 heteroatoms. The Morgan fingerprint density at radius 1 is 1.41 bits per heavy atom. The lowest BCUT2D eigenvalue weighted by Crippen LogP contribution is -2.23. The van der Waals surface area contributed by atoms with Crippen molar-refractivity contribution < 1.29 is 17.9 Å². The Bertz CT molecular complexity index is 537. The van der Waals surface area contributed by atoms with Gasteiger partial charge in [-0.1, -0.05) is 12.1 Å². The highest BCUT2D eigenvalue weighted by atomic mass is 35.7. The van der Waals surface area contributed by atoms with Crippen molar-refractivity contribution in [3.63, 3.8) is 0 Å². The third kappa shape index (κ3) is 2.94. The molecule has 1 aromatic rings. The number of halogens is 1. The fourth-order valence-corrected chi connectivity index (χ4v) is 2.98. The lowest BCUT2D eigenvalue weighted by atomic mass is 10.2. The molecule has 1 atom stereocenters. The van der Waals surface area contributed by atoms with Crippen molar-refractivity contribution >= 4 is 37.5 Å². The first-order chi connectivity index (χ1) is 7.98. The molecule has 0 amide bonds. The molecule has 2 rings (SSSR count). The highest BCUT2D eigenvalue weighted by Gasteiger charge is 2.26. The number of esters is 1. The molecule has 1 saturated heterocycles. The van der Waals surface area contributed by atoms with Gasteiger partial charge in [-0.15, -0.1) is 11.8 Å². The Morgan fingerprint density at radius 2 is 2.06 bits per heavy atom. The van der Waals surface area contributed by atoms with E-state index in [9.17, 15) is 13.2 Å². The third-order valence-electron chi connectivity index (χ3n) is 2.27. The summed E-state index contributed by atoms with van der Waals surface area (Å²) in [6.45, 7) is 0. The highest BCUT2D eigenvalue weighted by Crippen LogP contribution is 2.30. The fourth-order valence-electron chi connectivity index (χ4n) is 1.34. The summed E-state index contributed by atoms with van der Waals surface area (Å²) >= 11 is 1.52. The predicted molar refractivity (Wildman–Crippen MR) is 65.8 cm³/mol. The number of rotatable bonds is 3. The molecule has 0 spiro atoms. The van der Waals surface area contributed by atoms with E-state index in [-0.39, 0.29) is 15.9 Å². The second-order valence-corrected chi connectivity index (χ2v) is 7.23. The molecule has 1 heterocycles. The Hall–Kier alpha value is -0.720. The van der Waals surface area contributed by atoms with E-state index in [2.05, 4.69) is 0 Å². The lowest BCUT2D eigenvalue weighted by Gasteiger charge is -2.24. The summed E-state index contributed by atoms with van der Waals surface area (Å²) in [6.07, 6.45) is 0.798. The maximum Gasteiger partial charge on any atom is 0.340 e. The van der Waals surface area contributed by atoms with Crippen molar-refractivity contribution in [1.82, 2.24) is 0 Å². The first-order valence-electron chi connectivity index (χ1n) is 4.85. The van der Waals surface area contributed by atoms with Crippen LogP contribution in [-0.4, -0.2) is 25.6 Å². The molecular formula is C10H9ClO4S2. The molecule has 17 heavy (non-hydrogen) atoms. The molecule has 0 saturated carbocycles. The van der Waals surface area contributed by atoms with Crippen molar-refractivity contribution in [3.8, 4) is 0 Å². The Morgan fingerprint density at radius 3 is 2.59 bits per heavy atom. The average molecular weight is 293 g/mol. The molecule has 0 N–H and O–H groups in total. The van der Waals surface area contributed by atoms with Gasteiger partial charge in [0.1, 0.15) is 5.44 Å². The van der Waals surface area contributed by atoms with E-state index in [0.29, 0.717) is 0 Å². The average Bonchev–Trinajstić information content (AvgIpc) is 2.22. The minimum absolute atomic E-state index is 0.0185. The van der Waals surface area contributed by atoms with Gasteiger partial charge in [0.25, 0.3) is 9.05 Å². The summed E-state index contributed by atoms with van der Waals surface area (Å²) in [4.78, 5) is 11.5. The quantitative estimate of drug-likeness (QED) is 0.631. The van der Waals surface area contributed by atoms with E-state index in [0.717, 1.165) is 12.2 Å². The third-order valence-corrected chi connectivity index (χ3v) is 4.82. The number of thioether (sulfide) groups is 1. The molecule has 0 aromatic heterocycles. The summed E-state index contributed by atoms with van der Waals surface area (Å²) in [6, 6.07) is 5.74. The number of hydrogen-bond donors (Lipinski definition) is 0. The molecule has 1 fully saturated rings. The Labute approximate surface area is 108 Å². The van der Waals surface area contributed by atoms with Crippen molar-refractivity contribution in [1.29, 1.82) is 0 Å². The zero-order valence-electron chi connectivity index (χ0n) is 8.63. The van der Waals surface area contributed by atoms with Gasteiger partial charge in [-0.05, 0) is 12.1 Å². The van der Waals surface area contributed by atoms with Gasteiger partial charge < -0.3 is 4.74 Å². The van der Waals surface area contributed by atoms with Crippen LogP contribution in [0.2, 0.25) is 0 Å². The van der Waals surface area contributed by atoms with Gasteiger partial charge in [-0.25, -0.2) is 13.2 Å². The Balaban J connectivity index is 2.28. The Kier molecular flexibility index (Phi) is 3.65. The second-order valence-electron chi connectivity index (χ2n) is 3.43. The van der Waals surface area contributed by atoms with Crippen LogP contribution >= 0.6 is 22.4 Å². The predicted octanol–water partition coefficient (Wildman–Crippen LogP) is 2.23. The summed E-state index contributed by atoms with van der Waals surface area (Å²) in [5, 5.41) is 0. The standard InChI is InChI=1S/C10H9ClO4S2/c11-17(13,14)8-4-2-1-3-7(8)10(12)15-9-5-6-16-9/h1-4,9H,5-6H2. The molecule has 1 aliphatic heterocycles. The molecule has 92 valence electrons. The van der Waals surface area contributed by atoms with Crippen LogP contribution in [0.3, 0.4) is 0 Å². The fraction of sp³-hybridized carbons (Fsp3) is 0.300. The van der Waals surface area contributed by atoms with Crippen LogP contribution < -0.4 is 0 Å². The van der Waals surface area contributed by atoms with E-state index >= 15 is 0 Å². The summed E-state index contributed by atoms with van der Waals surface area (Å²) < 4.78 is 27.7. The topological polar surface area (TPSA) is 60.4 Å². The summed E-state index contributed by atoms with van der Waals surface area (Å²) in [7, 11) is 1.31. The van der Waals surface area contributed by atoms with E-state index in [4.69, 9.17) is 15.4 Å². The summed E-state index contributed by atoms with van der Waals surface area (Å²) in [5.74, 6) is 0.301. The van der Waals surface area contributed by atoms with E-state index in [1.54, 1.807) is 6.07 Å². The number of benzene rings is 1. The lowest BCUT2D eigenvalue weighted by molar-refractivity contribution is 0.0433. The van der Waals surface area contributed by atoms with Gasteiger partial charge in [-0.2, -0.15) is 0 Å². The number of carbonyl (C=O) groups is 1. The van der Waals surface area contributed by atoms with Crippen LogP contribution in [0, 0.1) is 0 Å². The first-order valence-corrected chi connectivity index (χ1v) is 8.20. The number of hydrogen-bond acceptors (Lipinski definition) is 5. The zero-order chi connectivity index (χ0) is 12.5. The molecule has 1 aromatic carbocycles. The second kappa shape index (κ2) is 4.88. The SMILES string of the molecule is O=C(OC1CCS1)c1ccccc1S(=O)(=O)Cl. The van der Waals surface area contributed by atoms with Crippen molar-refractivity contribution in [2.45, 2.75) is 16.8 Å². The van der Waals surface area contributed by atoms with Crippen LogP contribution in [-0.2, 0) is 13.8 Å². The van der Waals surface area contributed by atoms with Gasteiger partial charge in [0.15, 0.2) is 0 Å². The van der Waals surface area contributed by atoms with Gasteiger partial charge in [0.05, 0.1) is 10.5 Å². The minimum Gasteiger partial charge on any atom is -0.448 e. The number of ether oxygens (including phenoxy) is 1. The highest BCUT2D eigenvalue weighted by molar-refractivity contribution is 8.13. The van der Waals surface area contributed by atoms with E-state index in [1.807, 2.05) is 0 Å². The van der Waals surface area contributed by atoms with Crippen molar-refractivity contribution in [2.24, 2.45) is 0 Å². The maximum atomic E-state index is 11.8. The van der Waals surface area contributed by atoms with Crippen LogP contribution in [0.25, 0.3) is 0 Å². The monoisotopic (exact) mass is 292 g/mol. The largest absolute Gasteiger partial charge is 0.448 e. The van der Waals surface area contributed by atoms with Crippen LogP contribution in [0.15, 0.2) is 29.2 Å². The maximum absolute atomic E-state index is 11.8. The molecule has 1 unspecified atom stereocenters. The zero-order valence-corrected chi connectivity index (χ0v) is 11.0. The van der Waals surface area contributed by atoms with Crippen LogP contribution in [0.1, 0.15) is 16.8 Å². The van der Waals surface area contributed by atoms with Crippen LogP contribution in [0.4, 0.5) is 0 Å². The first kappa shape index (κ1) is 12.7. The molecule has 1 aliphatic rings. The van der Waals surface area contributed by atoms with E-state index in [1.165, 1.54) is 30.0 Å². The molecule has 0 radical (unpaired) electrons. The molecule has 0 bridgehead atoms. The van der Waals surface area contributed by atoms with Crippen LogP contribution in [0.5, 0.6) is 0 Å². The summed E-state index contributed by atoms with van der Waals surface area (Å²) in [5.41, 5.74) is -0.191. The minimum atomic E-state index is -3.94. The van der Waals surface area contributed by atoms with Gasteiger partial charge >= 0.3 is 5.97 Å². The van der Waals surface area contributed by atoms with Gasteiger partial charge in [0.2, 0.25) is 0 Å². The smallest absolute Gasteiger partial charge is 0.340 e. The van der Waals surface area contributed by atoms with Crippen molar-refractivity contribution in [3.05, 3.63) is 29.8 Å².